The Bertz CT molecular complexity index is 284. The lowest BCUT2D eigenvalue weighted by molar-refractivity contribution is 0.318. The highest BCUT2D eigenvalue weighted by Crippen LogP contribution is 2.06. The van der Waals surface area contributed by atoms with Crippen LogP contribution in [-0.2, 0) is 0 Å². The van der Waals surface area contributed by atoms with Crippen molar-refractivity contribution in [2.24, 2.45) is 10.9 Å². The van der Waals surface area contributed by atoms with Crippen molar-refractivity contribution in [2.45, 2.75) is 5.16 Å². The van der Waals surface area contributed by atoms with E-state index >= 15 is 0 Å². The molecule has 0 aliphatic carbocycles. The Balaban J connectivity index is 2.92. The van der Waals surface area contributed by atoms with Crippen LogP contribution in [-0.4, -0.2) is 27.3 Å². The van der Waals surface area contributed by atoms with Gasteiger partial charge in [0.2, 0.25) is 0 Å². The van der Waals surface area contributed by atoms with Crippen LogP contribution in [0.4, 0.5) is 0 Å². The van der Waals surface area contributed by atoms with Gasteiger partial charge in [0, 0.05) is 12.4 Å². The topological polar surface area (TPSA) is 84.4 Å². The molecule has 12 heavy (non-hydrogen) atoms. The molecule has 0 aliphatic rings. The summed E-state index contributed by atoms with van der Waals surface area (Å²) >= 11 is 1.43. The third-order valence-electron chi connectivity index (χ3n) is 1.21. The highest BCUT2D eigenvalue weighted by atomic mass is 32.2. The summed E-state index contributed by atoms with van der Waals surface area (Å²) in [4.78, 5) is 7.89. The van der Waals surface area contributed by atoms with E-state index in [-0.39, 0.29) is 5.84 Å². The van der Waals surface area contributed by atoms with Crippen molar-refractivity contribution in [2.75, 3.05) is 6.26 Å². The first-order valence-corrected chi connectivity index (χ1v) is 4.34. The molecule has 0 bridgehead atoms. The molecule has 0 aliphatic heterocycles. The van der Waals surface area contributed by atoms with Crippen LogP contribution in [0.1, 0.15) is 5.56 Å². The highest BCUT2D eigenvalue weighted by Gasteiger charge is 1.99. The lowest BCUT2D eigenvalue weighted by Gasteiger charge is -1.97. The van der Waals surface area contributed by atoms with Gasteiger partial charge in [0.05, 0.1) is 5.56 Å². The van der Waals surface area contributed by atoms with E-state index < -0.39 is 0 Å². The summed E-state index contributed by atoms with van der Waals surface area (Å²) in [6, 6.07) is 0. The zero-order valence-corrected chi connectivity index (χ0v) is 7.25. The van der Waals surface area contributed by atoms with Crippen molar-refractivity contribution in [1.82, 2.24) is 9.97 Å². The molecule has 3 N–H and O–H groups in total. The van der Waals surface area contributed by atoms with Crippen molar-refractivity contribution in [3.05, 3.63) is 18.0 Å². The normalized spacial score (nSPS) is 11.6. The monoisotopic (exact) mass is 184 g/mol. The maximum absolute atomic E-state index is 8.32. The molecular formula is C6H8N4OS. The fourth-order valence-electron chi connectivity index (χ4n) is 0.612. The quantitative estimate of drug-likeness (QED) is 0.172. The molecule has 64 valence electrons. The lowest BCUT2D eigenvalue weighted by atomic mass is 10.3. The Labute approximate surface area is 73.7 Å². The van der Waals surface area contributed by atoms with Crippen LogP contribution in [0.25, 0.3) is 0 Å². The molecule has 1 rings (SSSR count). The molecule has 0 atom stereocenters. The van der Waals surface area contributed by atoms with Crippen molar-refractivity contribution in [3.8, 4) is 0 Å². The van der Waals surface area contributed by atoms with E-state index in [9.17, 15) is 0 Å². The van der Waals surface area contributed by atoms with Crippen molar-refractivity contribution in [3.63, 3.8) is 0 Å². The molecule has 0 fully saturated rings. The summed E-state index contributed by atoms with van der Waals surface area (Å²) < 4.78 is 0. The van der Waals surface area contributed by atoms with Crippen molar-refractivity contribution >= 4 is 17.6 Å². The molecule has 1 aromatic heterocycles. The van der Waals surface area contributed by atoms with Crippen LogP contribution in [0.3, 0.4) is 0 Å². The molecule has 0 aromatic carbocycles. The molecular weight excluding hydrogens is 176 g/mol. The zero-order valence-electron chi connectivity index (χ0n) is 6.43. The summed E-state index contributed by atoms with van der Waals surface area (Å²) in [6.07, 6.45) is 4.89. The number of thioether (sulfide) groups is 1. The van der Waals surface area contributed by atoms with Crippen molar-refractivity contribution in [1.29, 1.82) is 0 Å². The SMILES string of the molecule is CSc1ncc(C(N)=NO)cn1. The minimum Gasteiger partial charge on any atom is -0.409 e. The third-order valence-corrected chi connectivity index (χ3v) is 1.79. The maximum Gasteiger partial charge on any atom is 0.187 e. The minimum atomic E-state index is 0.0163. The smallest absolute Gasteiger partial charge is 0.187 e. The first-order chi connectivity index (χ1) is 5.77. The number of hydrogen-bond donors (Lipinski definition) is 2. The van der Waals surface area contributed by atoms with Gasteiger partial charge in [-0.25, -0.2) is 9.97 Å². The molecule has 5 nitrogen and oxygen atoms in total. The van der Waals surface area contributed by atoms with Gasteiger partial charge in [-0.15, -0.1) is 0 Å². The molecule has 0 unspecified atom stereocenters. The number of rotatable bonds is 2. The fourth-order valence-corrected chi connectivity index (χ4v) is 0.928. The molecule has 0 saturated carbocycles. The Morgan fingerprint density at radius 2 is 2.17 bits per heavy atom. The van der Waals surface area contributed by atoms with Gasteiger partial charge in [-0.2, -0.15) is 0 Å². The Kier molecular flexibility index (Phi) is 2.87. The number of nitrogens with zero attached hydrogens (tertiary/aromatic N) is 3. The number of amidine groups is 1. The van der Waals surface area contributed by atoms with E-state index in [1.807, 2.05) is 6.26 Å². The zero-order chi connectivity index (χ0) is 8.97. The van der Waals surface area contributed by atoms with Crippen LogP contribution in [0, 0.1) is 0 Å². The van der Waals surface area contributed by atoms with Crippen molar-refractivity contribution < 1.29 is 5.21 Å². The first-order valence-electron chi connectivity index (χ1n) is 3.12. The third kappa shape index (κ3) is 1.85. The van der Waals surface area contributed by atoms with E-state index in [4.69, 9.17) is 10.9 Å². The van der Waals surface area contributed by atoms with Gasteiger partial charge in [-0.1, -0.05) is 16.9 Å². The van der Waals surface area contributed by atoms with Gasteiger partial charge in [0.15, 0.2) is 11.0 Å². The minimum absolute atomic E-state index is 0.0163. The van der Waals surface area contributed by atoms with E-state index in [0.29, 0.717) is 10.7 Å². The fraction of sp³-hybridized carbons (Fsp3) is 0.167. The summed E-state index contributed by atoms with van der Waals surface area (Å²) in [5, 5.41) is 11.8. The van der Waals surface area contributed by atoms with Gasteiger partial charge in [0.1, 0.15) is 0 Å². The predicted molar refractivity (Wildman–Crippen MR) is 46.3 cm³/mol. The summed E-state index contributed by atoms with van der Waals surface area (Å²) in [7, 11) is 0. The second-order valence-electron chi connectivity index (χ2n) is 1.94. The number of oxime groups is 1. The first kappa shape index (κ1) is 8.79. The Hall–Kier alpha value is -1.30. The largest absolute Gasteiger partial charge is 0.409 e. The molecule has 0 saturated heterocycles. The molecule has 0 radical (unpaired) electrons. The standard InChI is InChI=1S/C6H8N4OS/c1-12-6-8-2-4(3-9-6)5(7)10-11/h2-3,11H,1H3,(H2,7,10). The second-order valence-corrected chi connectivity index (χ2v) is 2.72. The highest BCUT2D eigenvalue weighted by molar-refractivity contribution is 7.98. The molecule has 1 heterocycles. The van der Waals surface area contributed by atoms with Gasteiger partial charge < -0.3 is 10.9 Å². The molecule has 0 amide bonds. The van der Waals surface area contributed by atoms with E-state index in [0.717, 1.165) is 0 Å². The lowest BCUT2D eigenvalue weighted by Crippen LogP contribution is -2.13. The van der Waals surface area contributed by atoms with E-state index in [2.05, 4.69) is 15.1 Å². The molecule has 6 heteroatoms. The summed E-state index contributed by atoms with van der Waals surface area (Å²) in [5.74, 6) is 0.0163. The van der Waals surface area contributed by atoms with Crippen LogP contribution < -0.4 is 5.73 Å². The van der Waals surface area contributed by atoms with Gasteiger partial charge in [-0.05, 0) is 6.26 Å². The van der Waals surface area contributed by atoms with Crippen LogP contribution in [0.15, 0.2) is 22.7 Å². The van der Waals surface area contributed by atoms with Gasteiger partial charge in [0.25, 0.3) is 0 Å². The van der Waals surface area contributed by atoms with E-state index in [1.54, 1.807) is 0 Å². The second kappa shape index (κ2) is 3.91. The maximum atomic E-state index is 8.32. The number of nitrogens with two attached hydrogens (primary N) is 1. The summed E-state index contributed by atoms with van der Waals surface area (Å²) in [6.45, 7) is 0. The Morgan fingerprint density at radius 1 is 1.58 bits per heavy atom. The average molecular weight is 184 g/mol. The van der Waals surface area contributed by atoms with Crippen LogP contribution in [0.5, 0.6) is 0 Å². The molecule has 0 spiro atoms. The predicted octanol–water partition coefficient (Wildman–Crippen LogP) is 0.293. The van der Waals surface area contributed by atoms with Gasteiger partial charge >= 0.3 is 0 Å². The average Bonchev–Trinajstić information content (AvgIpc) is 2.17. The summed E-state index contributed by atoms with van der Waals surface area (Å²) in [5.41, 5.74) is 5.81. The Morgan fingerprint density at radius 3 is 2.58 bits per heavy atom. The van der Waals surface area contributed by atoms with Crippen LogP contribution in [0.2, 0.25) is 0 Å². The van der Waals surface area contributed by atoms with E-state index in [1.165, 1.54) is 24.2 Å². The number of hydrogen-bond acceptors (Lipinski definition) is 5. The van der Waals surface area contributed by atoms with Crippen LogP contribution >= 0.6 is 11.8 Å². The number of aromatic nitrogens is 2. The van der Waals surface area contributed by atoms with Gasteiger partial charge in [-0.3, -0.25) is 0 Å². The molecule has 1 aromatic rings.